The van der Waals surface area contributed by atoms with E-state index in [1.54, 1.807) is 0 Å². The summed E-state index contributed by atoms with van der Waals surface area (Å²) in [5.41, 5.74) is 1.18. The van der Waals surface area contributed by atoms with E-state index in [9.17, 15) is 9.59 Å². The maximum absolute atomic E-state index is 12.9. The van der Waals surface area contributed by atoms with Gasteiger partial charge in [-0.15, -0.1) is 0 Å². The number of nitrogens with one attached hydrogen (secondary N) is 1. The summed E-state index contributed by atoms with van der Waals surface area (Å²) >= 11 is 0. The maximum atomic E-state index is 12.9. The molecule has 0 unspecified atom stereocenters. The second-order valence-electron chi connectivity index (χ2n) is 8.07. The van der Waals surface area contributed by atoms with Crippen LogP contribution in [0, 0.1) is 0 Å². The fourth-order valence-corrected chi connectivity index (χ4v) is 4.48. The number of rotatable bonds is 6. The van der Waals surface area contributed by atoms with Gasteiger partial charge in [-0.05, 0) is 16.3 Å². The normalized spacial score (nSPS) is 21.0. The molecule has 0 saturated carbocycles. The first-order valence-electron chi connectivity index (χ1n) is 10.7. The molecule has 2 saturated heterocycles. The minimum absolute atomic E-state index is 0.0311. The second kappa shape index (κ2) is 9.55. The maximum Gasteiger partial charge on any atom is 0.237 e. The number of aliphatic hydroxyl groups is 1. The summed E-state index contributed by atoms with van der Waals surface area (Å²) in [4.78, 5) is 31.7. The lowest BCUT2D eigenvalue weighted by atomic mass is 10.0. The molecule has 0 radical (unpaired) electrons. The molecule has 2 aromatic carbocycles. The van der Waals surface area contributed by atoms with Crippen molar-refractivity contribution < 1.29 is 14.7 Å². The zero-order valence-electron chi connectivity index (χ0n) is 17.3. The Labute approximate surface area is 177 Å². The lowest BCUT2D eigenvalue weighted by Crippen LogP contribution is -2.57. The Balaban J connectivity index is 1.44. The molecular formula is C23H30N4O3. The molecule has 30 heavy (non-hydrogen) atoms. The number of amides is 2. The summed E-state index contributed by atoms with van der Waals surface area (Å²) in [6.07, 6.45) is 0.205. The lowest BCUT2D eigenvalue weighted by Gasteiger charge is -2.38. The number of aliphatic hydroxyl groups excluding tert-OH is 1. The van der Waals surface area contributed by atoms with Gasteiger partial charge in [-0.3, -0.25) is 19.4 Å². The molecule has 2 amide bonds. The number of hydrogen-bond acceptors (Lipinski definition) is 5. The van der Waals surface area contributed by atoms with Gasteiger partial charge in [-0.1, -0.05) is 42.5 Å². The Bertz CT molecular complexity index is 890. The highest BCUT2D eigenvalue weighted by molar-refractivity contribution is 5.89. The smallest absolute Gasteiger partial charge is 0.237 e. The predicted octanol–water partition coefficient (Wildman–Crippen LogP) is 0.667. The van der Waals surface area contributed by atoms with Gasteiger partial charge in [0.1, 0.15) is 0 Å². The highest BCUT2D eigenvalue weighted by atomic mass is 16.3. The molecule has 2 aliphatic rings. The first kappa shape index (κ1) is 20.8. The van der Waals surface area contributed by atoms with E-state index in [1.165, 1.54) is 16.3 Å². The third-order valence-electron chi connectivity index (χ3n) is 6.20. The van der Waals surface area contributed by atoms with Crippen molar-refractivity contribution in [2.24, 2.45) is 0 Å². The third kappa shape index (κ3) is 4.64. The van der Waals surface area contributed by atoms with Crippen molar-refractivity contribution in [3.63, 3.8) is 0 Å². The Kier molecular flexibility index (Phi) is 6.62. The molecule has 0 aromatic heterocycles. The SMILES string of the molecule is O=C1NCCN(Cc2cccc3ccccc23)[C@H]1CC(=O)N1CCN(CCO)CC1. The van der Waals surface area contributed by atoms with Crippen LogP contribution in [0.25, 0.3) is 10.8 Å². The Morgan fingerprint density at radius 1 is 1.03 bits per heavy atom. The zero-order chi connectivity index (χ0) is 20.9. The van der Waals surface area contributed by atoms with Gasteiger partial charge < -0.3 is 15.3 Å². The highest BCUT2D eigenvalue weighted by Crippen LogP contribution is 2.22. The molecule has 2 N–H and O–H groups in total. The Hall–Kier alpha value is -2.48. The zero-order valence-corrected chi connectivity index (χ0v) is 17.3. The summed E-state index contributed by atoms with van der Waals surface area (Å²) in [6, 6.07) is 14.1. The third-order valence-corrected chi connectivity index (χ3v) is 6.20. The minimum atomic E-state index is -0.444. The Morgan fingerprint density at radius 2 is 1.80 bits per heavy atom. The van der Waals surface area contributed by atoms with E-state index in [-0.39, 0.29) is 24.8 Å². The molecule has 0 bridgehead atoms. The summed E-state index contributed by atoms with van der Waals surface area (Å²) in [6.45, 7) is 5.60. The molecule has 1 atom stereocenters. The molecule has 160 valence electrons. The van der Waals surface area contributed by atoms with Crippen LogP contribution in [-0.2, 0) is 16.1 Å². The van der Waals surface area contributed by atoms with Gasteiger partial charge in [-0.2, -0.15) is 0 Å². The van der Waals surface area contributed by atoms with E-state index in [2.05, 4.69) is 39.4 Å². The van der Waals surface area contributed by atoms with E-state index in [4.69, 9.17) is 5.11 Å². The standard InChI is InChI=1S/C23H30N4O3/c28-15-14-25-10-12-26(13-11-25)22(29)16-21-23(30)24-8-9-27(21)17-19-6-3-5-18-4-1-2-7-20(18)19/h1-7,21,28H,8-17H2,(H,24,30)/t21-/m0/s1. The number of fused-ring (bicyclic) bond motifs is 1. The Morgan fingerprint density at radius 3 is 2.60 bits per heavy atom. The molecule has 0 spiro atoms. The van der Waals surface area contributed by atoms with Crippen molar-refractivity contribution in [2.45, 2.75) is 19.0 Å². The van der Waals surface area contributed by atoms with Gasteiger partial charge >= 0.3 is 0 Å². The fraction of sp³-hybridized carbons (Fsp3) is 0.478. The summed E-state index contributed by atoms with van der Waals surface area (Å²) < 4.78 is 0. The number of piperazine rings is 2. The number of β-amino-alcohol motifs (C(OH)–C–C–N with tert-alkyl or cyclic N) is 1. The molecule has 2 aromatic rings. The molecule has 0 aliphatic carbocycles. The highest BCUT2D eigenvalue weighted by Gasteiger charge is 2.33. The van der Waals surface area contributed by atoms with Crippen LogP contribution in [0.5, 0.6) is 0 Å². The quantitative estimate of drug-likeness (QED) is 0.732. The monoisotopic (exact) mass is 410 g/mol. The van der Waals surface area contributed by atoms with Crippen molar-refractivity contribution in [1.29, 1.82) is 0 Å². The van der Waals surface area contributed by atoms with Crippen LogP contribution in [0.2, 0.25) is 0 Å². The largest absolute Gasteiger partial charge is 0.395 e. The summed E-state index contributed by atoms with van der Waals surface area (Å²) in [5, 5.41) is 14.4. The average molecular weight is 411 g/mol. The van der Waals surface area contributed by atoms with Gasteiger partial charge in [0.2, 0.25) is 11.8 Å². The predicted molar refractivity (Wildman–Crippen MR) is 116 cm³/mol. The molecule has 7 nitrogen and oxygen atoms in total. The van der Waals surface area contributed by atoms with Crippen LogP contribution in [0.3, 0.4) is 0 Å². The number of hydrogen-bond donors (Lipinski definition) is 2. The molecule has 7 heteroatoms. The van der Waals surface area contributed by atoms with Crippen molar-refractivity contribution in [1.82, 2.24) is 20.0 Å². The van der Waals surface area contributed by atoms with Crippen molar-refractivity contribution in [3.8, 4) is 0 Å². The van der Waals surface area contributed by atoms with Crippen molar-refractivity contribution in [2.75, 3.05) is 52.4 Å². The number of nitrogens with zero attached hydrogens (tertiary/aromatic N) is 3. The van der Waals surface area contributed by atoms with E-state index in [0.717, 1.165) is 19.6 Å². The number of benzene rings is 2. The second-order valence-corrected chi connectivity index (χ2v) is 8.07. The minimum Gasteiger partial charge on any atom is -0.395 e. The average Bonchev–Trinajstić information content (AvgIpc) is 2.77. The van der Waals surface area contributed by atoms with Gasteiger partial charge in [0.05, 0.1) is 19.1 Å². The van der Waals surface area contributed by atoms with E-state index in [0.29, 0.717) is 32.7 Å². The van der Waals surface area contributed by atoms with Gasteiger partial charge in [0.25, 0.3) is 0 Å². The molecular weight excluding hydrogens is 380 g/mol. The van der Waals surface area contributed by atoms with Crippen molar-refractivity contribution in [3.05, 3.63) is 48.0 Å². The van der Waals surface area contributed by atoms with Crippen molar-refractivity contribution >= 4 is 22.6 Å². The molecule has 4 rings (SSSR count). The van der Waals surface area contributed by atoms with Crippen LogP contribution >= 0.6 is 0 Å². The van der Waals surface area contributed by atoms with Crippen LogP contribution in [0.1, 0.15) is 12.0 Å². The summed E-state index contributed by atoms with van der Waals surface area (Å²) in [7, 11) is 0. The van der Waals surface area contributed by atoms with Gasteiger partial charge in [0.15, 0.2) is 0 Å². The van der Waals surface area contributed by atoms with E-state index in [1.807, 2.05) is 23.1 Å². The van der Waals surface area contributed by atoms with E-state index >= 15 is 0 Å². The van der Waals surface area contributed by atoms with E-state index < -0.39 is 6.04 Å². The van der Waals surface area contributed by atoms with Crippen LogP contribution < -0.4 is 5.32 Å². The topological polar surface area (TPSA) is 76.1 Å². The first-order chi connectivity index (χ1) is 14.7. The number of carbonyl (C=O) groups excluding carboxylic acids is 2. The lowest BCUT2D eigenvalue weighted by molar-refractivity contribution is -0.140. The first-order valence-corrected chi connectivity index (χ1v) is 10.7. The van der Waals surface area contributed by atoms with Gasteiger partial charge in [-0.25, -0.2) is 0 Å². The molecule has 2 aliphatic heterocycles. The number of carbonyl (C=O) groups is 2. The van der Waals surface area contributed by atoms with Crippen LogP contribution in [0.4, 0.5) is 0 Å². The molecule has 2 heterocycles. The fourth-order valence-electron chi connectivity index (χ4n) is 4.48. The summed E-state index contributed by atoms with van der Waals surface area (Å²) in [5.74, 6) is -0.0302. The van der Waals surface area contributed by atoms with Crippen LogP contribution in [-0.4, -0.2) is 90.1 Å². The van der Waals surface area contributed by atoms with Crippen LogP contribution in [0.15, 0.2) is 42.5 Å². The molecule has 2 fully saturated rings. The van der Waals surface area contributed by atoms with Gasteiger partial charge in [0, 0.05) is 52.4 Å².